The van der Waals surface area contributed by atoms with E-state index in [-0.39, 0.29) is 22.6 Å². The maximum Gasteiger partial charge on any atom is 0.261 e. The Bertz CT molecular complexity index is 935. The molecule has 3 rings (SSSR count). The second-order valence-electron chi connectivity index (χ2n) is 5.55. The Kier molecular flexibility index (Phi) is 4.61. The van der Waals surface area contributed by atoms with Crippen LogP contribution in [0.25, 0.3) is 11.3 Å². The van der Waals surface area contributed by atoms with Crippen LogP contribution in [0.4, 0.5) is 14.5 Å². The molecule has 0 unspecified atom stereocenters. The molecule has 25 heavy (non-hydrogen) atoms. The number of carbonyl (C=O) groups excluding carboxylic acids is 1. The number of nitrogens with zero attached hydrogens (tertiary/aromatic N) is 1. The van der Waals surface area contributed by atoms with Crippen LogP contribution in [0, 0.1) is 18.6 Å². The largest absolute Gasteiger partial charge is 0.360 e. The zero-order valence-electron chi connectivity index (χ0n) is 13.8. The van der Waals surface area contributed by atoms with Crippen molar-refractivity contribution in [1.29, 1.82) is 0 Å². The first-order valence-corrected chi connectivity index (χ1v) is 7.82. The SMILES string of the molecule is CCc1ccccc1NC(=O)c1c(-c2ccc(F)cc2F)noc1C. The molecule has 6 heteroatoms. The Morgan fingerprint density at radius 3 is 2.68 bits per heavy atom. The van der Waals surface area contributed by atoms with E-state index in [1.807, 2.05) is 25.1 Å². The maximum atomic E-state index is 14.1. The fraction of sp³-hybridized carbons (Fsp3) is 0.158. The van der Waals surface area contributed by atoms with Crippen LogP contribution in [-0.4, -0.2) is 11.1 Å². The van der Waals surface area contributed by atoms with E-state index >= 15 is 0 Å². The minimum atomic E-state index is -0.809. The second-order valence-corrected chi connectivity index (χ2v) is 5.55. The molecule has 3 aromatic rings. The van der Waals surface area contributed by atoms with E-state index in [1.54, 1.807) is 13.0 Å². The van der Waals surface area contributed by atoms with Gasteiger partial charge >= 0.3 is 0 Å². The molecule has 0 saturated heterocycles. The van der Waals surface area contributed by atoms with Gasteiger partial charge in [0.15, 0.2) is 0 Å². The second kappa shape index (κ2) is 6.84. The molecule has 4 nitrogen and oxygen atoms in total. The van der Waals surface area contributed by atoms with Gasteiger partial charge in [-0.15, -0.1) is 0 Å². The molecule has 0 saturated carbocycles. The van der Waals surface area contributed by atoms with Crippen LogP contribution >= 0.6 is 0 Å². The highest BCUT2D eigenvalue weighted by Crippen LogP contribution is 2.29. The predicted octanol–water partition coefficient (Wildman–Crippen LogP) is 4.74. The highest BCUT2D eigenvalue weighted by molar-refractivity contribution is 6.09. The number of aromatic nitrogens is 1. The van der Waals surface area contributed by atoms with Crippen LogP contribution in [0.1, 0.15) is 28.6 Å². The molecule has 1 aromatic heterocycles. The fourth-order valence-corrected chi connectivity index (χ4v) is 2.64. The smallest absolute Gasteiger partial charge is 0.261 e. The minimum absolute atomic E-state index is 0.00665. The Morgan fingerprint density at radius 1 is 1.20 bits per heavy atom. The normalized spacial score (nSPS) is 10.7. The van der Waals surface area contributed by atoms with Gasteiger partial charge in [-0.25, -0.2) is 8.78 Å². The van der Waals surface area contributed by atoms with Crippen molar-refractivity contribution in [3.63, 3.8) is 0 Å². The summed E-state index contributed by atoms with van der Waals surface area (Å²) in [5.74, 6) is -1.72. The van der Waals surface area contributed by atoms with Crippen molar-refractivity contribution in [3.05, 3.63) is 71.0 Å². The van der Waals surface area contributed by atoms with Crippen LogP contribution < -0.4 is 5.32 Å². The molecule has 0 aliphatic rings. The molecule has 0 aliphatic heterocycles. The summed E-state index contributed by atoms with van der Waals surface area (Å²) in [6.07, 6.45) is 0.749. The van der Waals surface area contributed by atoms with Crippen LogP contribution in [0.15, 0.2) is 47.0 Å². The van der Waals surface area contributed by atoms with Gasteiger partial charge in [0.1, 0.15) is 28.7 Å². The molecular formula is C19H16F2N2O2. The summed E-state index contributed by atoms with van der Waals surface area (Å²) in [6, 6.07) is 10.5. The van der Waals surface area contributed by atoms with E-state index in [4.69, 9.17) is 4.52 Å². The number of hydrogen-bond donors (Lipinski definition) is 1. The summed E-state index contributed by atoms with van der Waals surface area (Å²) >= 11 is 0. The highest BCUT2D eigenvalue weighted by atomic mass is 19.1. The van der Waals surface area contributed by atoms with Crippen molar-refractivity contribution < 1.29 is 18.1 Å². The average Bonchev–Trinajstić information content (AvgIpc) is 2.97. The molecule has 0 atom stereocenters. The predicted molar refractivity (Wildman–Crippen MR) is 90.4 cm³/mol. The molecule has 2 aromatic carbocycles. The molecule has 0 bridgehead atoms. The van der Waals surface area contributed by atoms with E-state index in [0.717, 1.165) is 24.1 Å². The van der Waals surface area contributed by atoms with Gasteiger partial charge in [0.05, 0.1) is 0 Å². The van der Waals surface area contributed by atoms with E-state index in [1.165, 1.54) is 6.07 Å². The van der Waals surface area contributed by atoms with Crippen LogP contribution in [0.3, 0.4) is 0 Å². The molecule has 1 heterocycles. The number of nitrogens with one attached hydrogen (secondary N) is 1. The zero-order valence-corrected chi connectivity index (χ0v) is 13.8. The zero-order chi connectivity index (χ0) is 18.0. The molecule has 0 aliphatic carbocycles. The third kappa shape index (κ3) is 3.28. The Labute approximate surface area is 143 Å². The standard InChI is InChI=1S/C19H16F2N2O2/c1-3-12-6-4-5-7-16(12)22-19(24)17-11(2)25-23-18(17)14-9-8-13(20)10-15(14)21/h4-10H,3H2,1-2H3,(H,22,24). The van der Waals surface area contributed by atoms with Crippen molar-refractivity contribution in [2.75, 3.05) is 5.32 Å². The Balaban J connectivity index is 2.00. The van der Waals surface area contributed by atoms with E-state index in [0.29, 0.717) is 5.69 Å². The first-order chi connectivity index (χ1) is 12.0. The van der Waals surface area contributed by atoms with Gasteiger partial charge in [-0.3, -0.25) is 4.79 Å². The quantitative estimate of drug-likeness (QED) is 0.745. The number of benzene rings is 2. The highest BCUT2D eigenvalue weighted by Gasteiger charge is 2.24. The van der Waals surface area contributed by atoms with Gasteiger partial charge in [0.2, 0.25) is 0 Å². The number of amides is 1. The molecule has 0 fully saturated rings. The Morgan fingerprint density at radius 2 is 1.96 bits per heavy atom. The summed E-state index contributed by atoms with van der Waals surface area (Å²) in [6.45, 7) is 3.55. The van der Waals surface area contributed by atoms with Crippen LogP contribution in [0.2, 0.25) is 0 Å². The maximum absolute atomic E-state index is 14.1. The number of halogens is 2. The molecule has 1 amide bonds. The fourth-order valence-electron chi connectivity index (χ4n) is 2.64. The molecule has 0 radical (unpaired) electrons. The van der Waals surface area contributed by atoms with Crippen molar-refractivity contribution in [1.82, 2.24) is 5.16 Å². The molecule has 0 spiro atoms. The lowest BCUT2D eigenvalue weighted by atomic mass is 10.0. The first-order valence-electron chi connectivity index (χ1n) is 7.82. The number of rotatable bonds is 4. The monoisotopic (exact) mass is 342 g/mol. The lowest BCUT2D eigenvalue weighted by molar-refractivity contribution is 0.102. The topological polar surface area (TPSA) is 55.1 Å². The molecule has 1 N–H and O–H groups in total. The number of para-hydroxylation sites is 1. The first kappa shape index (κ1) is 16.8. The van der Waals surface area contributed by atoms with Crippen LogP contribution in [-0.2, 0) is 6.42 Å². The lowest BCUT2D eigenvalue weighted by Crippen LogP contribution is -2.15. The summed E-state index contributed by atoms with van der Waals surface area (Å²) in [5.41, 5.74) is 1.81. The summed E-state index contributed by atoms with van der Waals surface area (Å²) < 4.78 is 32.3. The van der Waals surface area contributed by atoms with Gasteiger partial charge in [-0.1, -0.05) is 30.3 Å². The average molecular weight is 342 g/mol. The number of carbonyl (C=O) groups is 1. The van der Waals surface area contributed by atoms with Gasteiger partial charge < -0.3 is 9.84 Å². The van der Waals surface area contributed by atoms with Crippen molar-refractivity contribution in [2.24, 2.45) is 0 Å². The van der Waals surface area contributed by atoms with Crippen molar-refractivity contribution in [2.45, 2.75) is 20.3 Å². The van der Waals surface area contributed by atoms with Gasteiger partial charge in [0, 0.05) is 17.3 Å². The Hall–Kier alpha value is -3.02. The van der Waals surface area contributed by atoms with Gasteiger partial charge in [-0.2, -0.15) is 0 Å². The number of hydrogen-bond acceptors (Lipinski definition) is 3. The minimum Gasteiger partial charge on any atom is -0.360 e. The van der Waals surface area contributed by atoms with Gasteiger partial charge in [0.25, 0.3) is 5.91 Å². The molecular weight excluding hydrogens is 326 g/mol. The third-order valence-electron chi connectivity index (χ3n) is 3.92. The number of aryl methyl sites for hydroxylation is 2. The van der Waals surface area contributed by atoms with Gasteiger partial charge in [-0.05, 0) is 37.1 Å². The van der Waals surface area contributed by atoms with Crippen molar-refractivity contribution >= 4 is 11.6 Å². The van der Waals surface area contributed by atoms with E-state index in [9.17, 15) is 13.6 Å². The van der Waals surface area contributed by atoms with Crippen LogP contribution in [0.5, 0.6) is 0 Å². The van der Waals surface area contributed by atoms with Crippen molar-refractivity contribution in [3.8, 4) is 11.3 Å². The van der Waals surface area contributed by atoms with E-state index < -0.39 is 17.5 Å². The third-order valence-corrected chi connectivity index (χ3v) is 3.92. The number of anilines is 1. The summed E-state index contributed by atoms with van der Waals surface area (Å²) in [7, 11) is 0. The van der Waals surface area contributed by atoms with E-state index in [2.05, 4.69) is 10.5 Å². The molecule has 128 valence electrons. The lowest BCUT2D eigenvalue weighted by Gasteiger charge is -2.10. The summed E-state index contributed by atoms with van der Waals surface area (Å²) in [4.78, 5) is 12.7. The summed E-state index contributed by atoms with van der Waals surface area (Å²) in [5, 5.41) is 6.59.